The second-order valence-corrected chi connectivity index (χ2v) is 4.92. The molecule has 0 aromatic heterocycles. The minimum Gasteiger partial charge on any atom is -0.373 e. The average Bonchev–Trinajstić information content (AvgIpc) is 2.48. The van der Waals surface area contributed by atoms with E-state index < -0.39 is 0 Å². The van der Waals surface area contributed by atoms with E-state index in [0.717, 1.165) is 13.0 Å². The summed E-state index contributed by atoms with van der Waals surface area (Å²) in [6.45, 7) is 2.99. The summed E-state index contributed by atoms with van der Waals surface area (Å²) >= 11 is 0. The quantitative estimate of drug-likeness (QED) is 0.886. The van der Waals surface area contributed by atoms with E-state index in [-0.39, 0.29) is 6.04 Å². The van der Waals surface area contributed by atoms with Crippen LogP contribution in [0.2, 0.25) is 0 Å². The maximum Gasteiger partial charge on any atom is 0.0473 e. The van der Waals surface area contributed by atoms with Gasteiger partial charge in [-0.1, -0.05) is 49.4 Å². The number of nitrogens with two attached hydrogens (primary N) is 1. The summed E-state index contributed by atoms with van der Waals surface area (Å²) in [5.74, 6) is 0. The van der Waals surface area contributed by atoms with Crippen LogP contribution in [0.1, 0.15) is 24.1 Å². The molecule has 19 heavy (non-hydrogen) atoms. The van der Waals surface area contributed by atoms with E-state index >= 15 is 0 Å². The van der Waals surface area contributed by atoms with Gasteiger partial charge in [0.05, 0.1) is 0 Å². The van der Waals surface area contributed by atoms with Gasteiger partial charge in [-0.15, -0.1) is 0 Å². The van der Waals surface area contributed by atoms with Gasteiger partial charge in [0.1, 0.15) is 0 Å². The van der Waals surface area contributed by atoms with E-state index in [4.69, 9.17) is 5.73 Å². The van der Waals surface area contributed by atoms with Crippen molar-refractivity contribution in [3.05, 3.63) is 65.7 Å². The molecule has 2 N–H and O–H groups in total. The molecule has 2 aromatic carbocycles. The molecule has 2 aromatic rings. The topological polar surface area (TPSA) is 29.3 Å². The summed E-state index contributed by atoms with van der Waals surface area (Å²) in [6, 6.07) is 19.0. The number of likely N-dealkylation sites (N-methyl/N-ethyl adjacent to an activating group) is 1. The van der Waals surface area contributed by atoms with Crippen molar-refractivity contribution >= 4 is 5.69 Å². The summed E-state index contributed by atoms with van der Waals surface area (Å²) in [5.41, 5.74) is 10.0. The SMILES string of the molecule is CCc1ccc(N(C)CC(N)c2ccccc2)cc1. The fourth-order valence-corrected chi connectivity index (χ4v) is 2.19. The van der Waals surface area contributed by atoms with Gasteiger partial charge in [-0.05, 0) is 29.7 Å². The molecule has 0 heterocycles. The van der Waals surface area contributed by atoms with Crippen LogP contribution in [0.5, 0.6) is 0 Å². The maximum atomic E-state index is 6.25. The van der Waals surface area contributed by atoms with Crippen LogP contribution in [-0.4, -0.2) is 13.6 Å². The predicted molar refractivity (Wildman–Crippen MR) is 82.5 cm³/mol. The fraction of sp³-hybridized carbons (Fsp3) is 0.294. The molecule has 0 spiro atoms. The van der Waals surface area contributed by atoms with E-state index in [0.29, 0.717) is 0 Å². The lowest BCUT2D eigenvalue weighted by atomic mass is 10.1. The van der Waals surface area contributed by atoms with Gasteiger partial charge in [-0.3, -0.25) is 0 Å². The average molecular weight is 254 g/mol. The Bertz CT molecular complexity index is 490. The molecule has 1 unspecified atom stereocenters. The number of rotatable bonds is 5. The molecule has 0 aliphatic heterocycles. The van der Waals surface area contributed by atoms with Crippen molar-refractivity contribution in [3.8, 4) is 0 Å². The van der Waals surface area contributed by atoms with Crippen molar-refractivity contribution in [2.24, 2.45) is 5.73 Å². The molecule has 2 heteroatoms. The normalized spacial score (nSPS) is 12.2. The van der Waals surface area contributed by atoms with Gasteiger partial charge < -0.3 is 10.6 Å². The van der Waals surface area contributed by atoms with E-state index in [1.165, 1.54) is 16.8 Å². The third kappa shape index (κ3) is 3.58. The van der Waals surface area contributed by atoms with Crippen LogP contribution < -0.4 is 10.6 Å². The van der Waals surface area contributed by atoms with Crippen LogP contribution in [0.4, 0.5) is 5.69 Å². The number of hydrogen-bond donors (Lipinski definition) is 1. The first kappa shape index (κ1) is 13.6. The van der Waals surface area contributed by atoms with Crippen molar-refractivity contribution in [2.45, 2.75) is 19.4 Å². The van der Waals surface area contributed by atoms with Crippen LogP contribution in [0.15, 0.2) is 54.6 Å². The zero-order valence-corrected chi connectivity index (χ0v) is 11.7. The first-order chi connectivity index (χ1) is 9.20. The van der Waals surface area contributed by atoms with Gasteiger partial charge in [0.25, 0.3) is 0 Å². The second kappa shape index (κ2) is 6.39. The molecular formula is C17H22N2. The third-order valence-electron chi connectivity index (χ3n) is 3.48. The van der Waals surface area contributed by atoms with E-state index in [2.05, 4.69) is 55.3 Å². The van der Waals surface area contributed by atoms with Crippen LogP contribution in [-0.2, 0) is 6.42 Å². The molecule has 100 valence electrons. The number of nitrogens with zero attached hydrogens (tertiary/aromatic N) is 1. The molecule has 0 fully saturated rings. The van der Waals surface area contributed by atoms with E-state index in [9.17, 15) is 0 Å². The summed E-state index contributed by atoms with van der Waals surface area (Å²) in [6.07, 6.45) is 1.08. The summed E-state index contributed by atoms with van der Waals surface area (Å²) < 4.78 is 0. The van der Waals surface area contributed by atoms with Crippen molar-refractivity contribution in [1.29, 1.82) is 0 Å². The molecule has 0 radical (unpaired) electrons. The highest BCUT2D eigenvalue weighted by atomic mass is 15.1. The van der Waals surface area contributed by atoms with Crippen molar-refractivity contribution < 1.29 is 0 Å². The Morgan fingerprint density at radius 2 is 1.63 bits per heavy atom. The lowest BCUT2D eigenvalue weighted by Crippen LogP contribution is -2.28. The minimum atomic E-state index is 0.0389. The molecule has 1 atom stereocenters. The Morgan fingerprint density at radius 3 is 2.21 bits per heavy atom. The molecule has 2 rings (SSSR count). The molecule has 2 nitrogen and oxygen atoms in total. The Kier molecular flexibility index (Phi) is 4.58. The van der Waals surface area contributed by atoms with Crippen LogP contribution in [0.3, 0.4) is 0 Å². The van der Waals surface area contributed by atoms with Crippen LogP contribution in [0, 0.1) is 0 Å². The van der Waals surface area contributed by atoms with Crippen molar-refractivity contribution in [2.75, 3.05) is 18.5 Å². The Balaban J connectivity index is 2.02. The van der Waals surface area contributed by atoms with Gasteiger partial charge >= 0.3 is 0 Å². The lowest BCUT2D eigenvalue weighted by molar-refractivity contribution is 0.703. The molecule has 0 saturated heterocycles. The summed E-state index contributed by atoms with van der Waals surface area (Å²) in [4.78, 5) is 2.21. The molecular weight excluding hydrogens is 232 g/mol. The Hall–Kier alpha value is -1.80. The number of benzene rings is 2. The molecule has 0 bridgehead atoms. The van der Waals surface area contributed by atoms with Crippen molar-refractivity contribution in [1.82, 2.24) is 0 Å². The number of hydrogen-bond acceptors (Lipinski definition) is 2. The van der Waals surface area contributed by atoms with Gasteiger partial charge in [0.15, 0.2) is 0 Å². The first-order valence-electron chi connectivity index (χ1n) is 6.81. The molecule has 0 aliphatic rings. The zero-order valence-electron chi connectivity index (χ0n) is 11.7. The summed E-state index contributed by atoms with van der Waals surface area (Å²) in [7, 11) is 2.09. The van der Waals surface area contributed by atoms with Gasteiger partial charge in [0, 0.05) is 25.3 Å². The number of anilines is 1. The second-order valence-electron chi connectivity index (χ2n) is 4.92. The lowest BCUT2D eigenvalue weighted by Gasteiger charge is -2.24. The maximum absolute atomic E-state index is 6.25. The fourth-order valence-electron chi connectivity index (χ4n) is 2.19. The molecule has 0 saturated carbocycles. The van der Waals surface area contributed by atoms with E-state index in [1.807, 2.05) is 18.2 Å². The molecule has 0 aliphatic carbocycles. The Morgan fingerprint density at radius 1 is 1.00 bits per heavy atom. The standard InChI is InChI=1S/C17H22N2/c1-3-14-9-11-16(12-10-14)19(2)13-17(18)15-7-5-4-6-8-15/h4-12,17H,3,13,18H2,1-2H3. The largest absolute Gasteiger partial charge is 0.373 e. The van der Waals surface area contributed by atoms with Crippen LogP contribution >= 0.6 is 0 Å². The number of aryl methyl sites for hydroxylation is 1. The highest BCUT2D eigenvalue weighted by Gasteiger charge is 2.09. The van der Waals surface area contributed by atoms with E-state index in [1.54, 1.807) is 0 Å². The van der Waals surface area contributed by atoms with Gasteiger partial charge in [-0.25, -0.2) is 0 Å². The smallest absolute Gasteiger partial charge is 0.0473 e. The zero-order chi connectivity index (χ0) is 13.7. The highest BCUT2D eigenvalue weighted by Crippen LogP contribution is 2.17. The third-order valence-corrected chi connectivity index (χ3v) is 3.48. The summed E-state index contributed by atoms with van der Waals surface area (Å²) in [5, 5.41) is 0. The molecule has 0 amide bonds. The van der Waals surface area contributed by atoms with Crippen molar-refractivity contribution in [3.63, 3.8) is 0 Å². The Labute approximate surface area is 115 Å². The van der Waals surface area contributed by atoms with Gasteiger partial charge in [-0.2, -0.15) is 0 Å². The predicted octanol–water partition coefficient (Wildman–Crippen LogP) is 3.39. The first-order valence-corrected chi connectivity index (χ1v) is 6.81. The van der Waals surface area contributed by atoms with Gasteiger partial charge in [0.2, 0.25) is 0 Å². The monoisotopic (exact) mass is 254 g/mol. The van der Waals surface area contributed by atoms with Crippen LogP contribution in [0.25, 0.3) is 0 Å². The minimum absolute atomic E-state index is 0.0389. The highest BCUT2D eigenvalue weighted by molar-refractivity contribution is 5.47.